The van der Waals surface area contributed by atoms with Crippen LogP contribution in [0.2, 0.25) is 0 Å². The van der Waals surface area contributed by atoms with Gasteiger partial charge in [0, 0.05) is 17.5 Å². The molecule has 7 nitrogen and oxygen atoms in total. The number of aromatic nitrogens is 5. The maximum absolute atomic E-state index is 12.3. The summed E-state index contributed by atoms with van der Waals surface area (Å²) in [5.41, 5.74) is 7.82. The third-order valence-electron chi connectivity index (χ3n) is 3.12. The molecule has 0 saturated heterocycles. The average molecular weight is 330 g/mol. The summed E-state index contributed by atoms with van der Waals surface area (Å²) < 4.78 is 2.35. The van der Waals surface area contributed by atoms with E-state index >= 15 is 0 Å². The molecule has 0 atom stereocenters. The molecule has 3 N–H and O–H groups in total. The van der Waals surface area contributed by atoms with E-state index in [1.54, 1.807) is 10.5 Å². The Bertz CT molecular complexity index is 1030. The lowest BCUT2D eigenvalue weighted by Gasteiger charge is -2.00. The molecule has 0 unspecified atom stereocenters. The summed E-state index contributed by atoms with van der Waals surface area (Å²) in [6.45, 7) is 0. The minimum absolute atomic E-state index is 0.102. The van der Waals surface area contributed by atoms with Gasteiger partial charge in [0.1, 0.15) is 0 Å². The predicted molar refractivity (Wildman–Crippen MR) is 87.2 cm³/mol. The second-order valence-electron chi connectivity index (χ2n) is 4.59. The Morgan fingerprint density at radius 2 is 2.18 bits per heavy atom. The molecular weight excluding hydrogens is 320 g/mol. The van der Waals surface area contributed by atoms with E-state index in [4.69, 9.17) is 5.73 Å². The molecule has 0 saturated carbocycles. The fourth-order valence-corrected chi connectivity index (χ4v) is 3.77. The summed E-state index contributed by atoms with van der Waals surface area (Å²) in [7, 11) is 0. The first-order valence-electron chi connectivity index (χ1n) is 6.42. The van der Waals surface area contributed by atoms with Crippen LogP contribution >= 0.6 is 23.1 Å². The maximum Gasteiger partial charge on any atom is 0.259 e. The Kier molecular flexibility index (Phi) is 3.09. The van der Waals surface area contributed by atoms with Crippen molar-refractivity contribution in [1.29, 1.82) is 0 Å². The maximum atomic E-state index is 12.3. The van der Waals surface area contributed by atoms with E-state index in [1.165, 1.54) is 23.1 Å². The second kappa shape index (κ2) is 5.11. The molecule has 4 rings (SSSR count). The van der Waals surface area contributed by atoms with Gasteiger partial charge in [-0.1, -0.05) is 35.2 Å². The average Bonchev–Trinajstić information content (AvgIpc) is 3.08. The van der Waals surface area contributed by atoms with Crippen molar-refractivity contribution in [3.63, 3.8) is 0 Å². The van der Waals surface area contributed by atoms with Gasteiger partial charge in [0.2, 0.25) is 10.9 Å². The van der Waals surface area contributed by atoms with Gasteiger partial charge in [-0.3, -0.25) is 4.79 Å². The van der Waals surface area contributed by atoms with Crippen LogP contribution in [0.25, 0.3) is 16.8 Å². The number of benzene rings is 1. The summed E-state index contributed by atoms with van der Waals surface area (Å²) in [4.78, 5) is 20.0. The number of thioether (sulfide) groups is 1. The minimum Gasteiger partial charge on any atom is -0.374 e. The zero-order chi connectivity index (χ0) is 15.1. The number of para-hydroxylation sites is 2. The molecule has 0 bridgehead atoms. The lowest BCUT2D eigenvalue weighted by atomic mass is 10.3. The van der Waals surface area contributed by atoms with Crippen LogP contribution in [0.15, 0.2) is 39.5 Å². The molecule has 4 aromatic rings. The molecule has 0 fully saturated rings. The summed E-state index contributed by atoms with van der Waals surface area (Å²) in [5, 5.41) is 8.14. The molecule has 110 valence electrons. The molecule has 22 heavy (non-hydrogen) atoms. The molecule has 0 radical (unpaired) electrons. The van der Waals surface area contributed by atoms with Crippen molar-refractivity contribution in [2.75, 3.05) is 5.73 Å². The highest BCUT2D eigenvalue weighted by molar-refractivity contribution is 8.00. The zero-order valence-corrected chi connectivity index (χ0v) is 12.8. The highest BCUT2D eigenvalue weighted by Crippen LogP contribution is 2.26. The molecule has 1 aromatic carbocycles. The fraction of sp³-hybridized carbons (Fsp3) is 0.0769. The smallest absolute Gasteiger partial charge is 0.259 e. The SMILES string of the molecule is Nc1nnc(SCc2cc(=O)n3c(nc4ccccc43)[nH]2)s1. The van der Waals surface area contributed by atoms with E-state index < -0.39 is 0 Å². The van der Waals surface area contributed by atoms with Crippen LogP contribution in [0.5, 0.6) is 0 Å². The molecule has 0 aliphatic heterocycles. The number of fused-ring (bicyclic) bond motifs is 3. The lowest BCUT2D eigenvalue weighted by molar-refractivity contribution is 1.01. The number of nitrogen functional groups attached to an aromatic ring is 1. The molecular formula is C13H10N6OS2. The van der Waals surface area contributed by atoms with Gasteiger partial charge < -0.3 is 10.7 Å². The number of hydrogen-bond acceptors (Lipinski definition) is 7. The highest BCUT2D eigenvalue weighted by atomic mass is 32.2. The quantitative estimate of drug-likeness (QED) is 0.556. The van der Waals surface area contributed by atoms with Crippen molar-refractivity contribution in [3.8, 4) is 0 Å². The Balaban J connectivity index is 1.73. The van der Waals surface area contributed by atoms with E-state index in [9.17, 15) is 4.79 Å². The zero-order valence-electron chi connectivity index (χ0n) is 11.2. The number of nitrogens with one attached hydrogen (secondary N) is 1. The van der Waals surface area contributed by atoms with E-state index in [2.05, 4.69) is 20.2 Å². The monoisotopic (exact) mass is 330 g/mol. The van der Waals surface area contributed by atoms with Crippen molar-refractivity contribution in [2.24, 2.45) is 0 Å². The van der Waals surface area contributed by atoms with E-state index in [0.29, 0.717) is 16.7 Å². The van der Waals surface area contributed by atoms with Gasteiger partial charge in [-0.25, -0.2) is 9.38 Å². The minimum atomic E-state index is -0.102. The van der Waals surface area contributed by atoms with E-state index in [0.717, 1.165) is 21.1 Å². The molecule has 0 aliphatic carbocycles. The highest BCUT2D eigenvalue weighted by Gasteiger charge is 2.09. The molecule has 0 amide bonds. The van der Waals surface area contributed by atoms with Crippen molar-refractivity contribution in [1.82, 2.24) is 24.6 Å². The Hall–Kier alpha value is -2.39. The first-order valence-corrected chi connectivity index (χ1v) is 8.22. The first-order chi connectivity index (χ1) is 10.7. The number of rotatable bonds is 3. The third-order valence-corrected chi connectivity index (χ3v) is 5.06. The topological polar surface area (TPSA) is 102 Å². The van der Waals surface area contributed by atoms with Crippen LogP contribution in [0.4, 0.5) is 5.13 Å². The van der Waals surface area contributed by atoms with Gasteiger partial charge in [0.15, 0.2) is 4.34 Å². The van der Waals surface area contributed by atoms with Crippen LogP contribution in [0.3, 0.4) is 0 Å². The van der Waals surface area contributed by atoms with Crippen LogP contribution in [-0.4, -0.2) is 24.6 Å². The van der Waals surface area contributed by atoms with Crippen molar-refractivity contribution in [2.45, 2.75) is 10.1 Å². The molecule has 0 spiro atoms. The molecule has 9 heteroatoms. The van der Waals surface area contributed by atoms with Crippen molar-refractivity contribution >= 4 is 45.0 Å². The van der Waals surface area contributed by atoms with Crippen LogP contribution < -0.4 is 11.3 Å². The summed E-state index contributed by atoms with van der Waals surface area (Å²) in [6.07, 6.45) is 0. The van der Waals surface area contributed by atoms with Crippen LogP contribution in [0, 0.1) is 0 Å². The number of H-pyrrole nitrogens is 1. The van der Waals surface area contributed by atoms with Crippen molar-refractivity contribution < 1.29 is 0 Å². The third kappa shape index (κ3) is 2.24. The van der Waals surface area contributed by atoms with Gasteiger partial charge in [0.25, 0.3) is 5.56 Å². The molecule has 3 heterocycles. The van der Waals surface area contributed by atoms with Gasteiger partial charge in [-0.2, -0.15) is 0 Å². The number of anilines is 1. The molecule has 3 aromatic heterocycles. The number of nitrogens with zero attached hydrogens (tertiary/aromatic N) is 4. The van der Waals surface area contributed by atoms with Crippen molar-refractivity contribution in [3.05, 3.63) is 46.4 Å². The Morgan fingerprint density at radius 3 is 3.00 bits per heavy atom. The number of imidazole rings is 1. The summed E-state index contributed by atoms with van der Waals surface area (Å²) in [5.74, 6) is 1.12. The van der Waals surface area contributed by atoms with Gasteiger partial charge >= 0.3 is 0 Å². The van der Waals surface area contributed by atoms with E-state index in [-0.39, 0.29) is 5.56 Å². The van der Waals surface area contributed by atoms with Gasteiger partial charge in [0.05, 0.1) is 11.0 Å². The van der Waals surface area contributed by atoms with E-state index in [1.807, 2.05) is 24.3 Å². The molecule has 0 aliphatic rings. The summed E-state index contributed by atoms with van der Waals surface area (Å²) in [6, 6.07) is 9.13. The van der Waals surface area contributed by atoms with Crippen LogP contribution in [-0.2, 0) is 5.75 Å². The predicted octanol–water partition coefficient (Wildman–Crippen LogP) is 1.90. The van der Waals surface area contributed by atoms with Gasteiger partial charge in [-0.15, -0.1) is 10.2 Å². The Labute approximate surface area is 132 Å². The first kappa shape index (κ1) is 13.3. The fourth-order valence-electron chi connectivity index (χ4n) is 2.22. The standard InChI is InChI=1S/C13H10N6OS2/c14-11-17-18-13(22-11)21-6-7-5-10(20)19-9-4-2-1-3-8(9)16-12(19)15-7/h1-5H,6H2,(H2,14,17)(H,15,16). The van der Waals surface area contributed by atoms with Crippen LogP contribution in [0.1, 0.15) is 5.69 Å². The van der Waals surface area contributed by atoms with Gasteiger partial charge in [-0.05, 0) is 12.1 Å². The Morgan fingerprint density at radius 1 is 1.32 bits per heavy atom. The number of aromatic amines is 1. The second-order valence-corrected chi connectivity index (χ2v) is 6.82. The largest absolute Gasteiger partial charge is 0.374 e. The number of hydrogen-bond donors (Lipinski definition) is 2. The lowest BCUT2D eigenvalue weighted by Crippen LogP contribution is -2.14. The normalized spacial score (nSPS) is 11.5. The number of nitrogens with two attached hydrogens (primary N) is 1. The summed E-state index contributed by atoms with van der Waals surface area (Å²) >= 11 is 2.80.